The van der Waals surface area contributed by atoms with E-state index in [1.165, 1.54) is 32.4 Å². The molecule has 1 rings (SSSR count). The van der Waals surface area contributed by atoms with Crippen LogP contribution in [0.5, 0.6) is 11.5 Å². The van der Waals surface area contributed by atoms with Crippen LogP contribution in [0.2, 0.25) is 0 Å². The van der Waals surface area contributed by atoms with Crippen LogP contribution in [-0.4, -0.2) is 31.2 Å². The van der Waals surface area contributed by atoms with Gasteiger partial charge in [-0.2, -0.15) is 8.78 Å². The largest absolute Gasteiger partial charge is 0.497 e. The summed E-state index contributed by atoms with van der Waals surface area (Å²) in [7, 11) is 2.75. The second-order valence-corrected chi connectivity index (χ2v) is 3.36. The smallest absolute Gasteiger partial charge is 0.374 e. The zero-order chi connectivity index (χ0) is 13.1. The maximum Gasteiger partial charge on any atom is 0.374 e. The molecular formula is C11H12F2O4. The van der Waals surface area contributed by atoms with Gasteiger partial charge in [0, 0.05) is 11.6 Å². The van der Waals surface area contributed by atoms with Crippen LogP contribution in [0.4, 0.5) is 8.78 Å². The number of rotatable bonds is 5. The van der Waals surface area contributed by atoms with Gasteiger partial charge in [-0.05, 0) is 6.07 Å². The van der Waals surface area contributed by atoms with Crippen molar-refractivity contribution in [3.05, 3.63) is 23.8 Å². The van der Waals surface area contributed by atoms with Crippen molar-refractivity contribution in [2.75, 3.05) is 14.2 Å². The van der Waals surface area contributed by atoms with Crippen molar-refractivity contribution in [2.45, 2.75) is 12.3 Å². The number of halogens is 2. The number of hydrogen-bond donors (Lipinski definition) is 1. The molecule has 1 aromatic rings. The van der Waals surface area contributed by atoms with Crippen molar-refractivity contribution >= 4 is 5.97 Å². The number of carboxylic acid groups (broad SMARTS) is 1. The third-order valence-corrected chi connectivity index (χ3v) is 2.22. The van der Waals surface area contributed by atoms with Gasteiger partial charge < -0.3 is 14.6 Å². The van der Waals surface area contributed by atoms with Crippen LogP contribution in [0, 0.1) is 0 Å². The van der Waals surface area contributed by atoms with E-state index in [0.717, 1.165) is 0 Å². The maximum atomic E-state index is 13.0. The van der Waals surface area contributed by atoms with Crippen LogP contribution in [0.3, 0.4) is 0 Å². The molecule has 0 bridgehead atoms. The molecule has 0 atom stereocenters. The fraction of sp³-hybridized carbons (Fsp3) is 0.364. The van der Waals surface area contributed by atoms with Gasteiger partial charge in [-0.1, -0.05) is 6.07 Å². The molecule has 0 saturated carbocycles. The molecule has 94 valence electrons. The minimum absolute atomic E-state index is 0.112. The summed E-state index contributed by atoms with van der Waals surface area (Å²) in [6.45, 7) is 0. The monoisotopic (exact) mass is 246 g/mol. The number of benzene rings is 1. The highest BCUT2D eigenvalue weighted by molar-refractivity contribution is 5.75. The van der Waals surface area contributed by atoms with Gasteiger partial charge >= 0.3 is 11.9 Å². The van der Waals surface area contributed by atoms with E-state index in [4.69, 9.17) is 14.6 Å². The molecule has 0 saturated heterocycles. The van der Waals surface area contributed by atoms with E-state index in [9.17, 15) is 13.6 Å². The highest BCUT2D eigenvalue weighted by Crippen LogP contribution is 2.29. The second-order valence-electron chi connectivity index (χ2n) is 3.36. The Morgan fingerprint density at radius 1 is 1.35 bits per heavy atom. The molecule has 0 aliphatic heterocycles. The third kappa shape index (κ3) is 3.05. The summed E-state index contributed by atoms with van der Waals surface area (Å²) in [4.78, 5) is 10.3. The van der Waals surface area contributed by atoms with Gasteiger partial charge in [-0.15, -0.1) is 0 Å². The maximum absolute atomic E-state index is 13.0. The van der Waals surface area contributed by atoms with Gasteiger partial charge in [0.25, 0.3) is 0 Å². The molecule has 0 spiro atoms. The van der Waals surface area contributed by atoms with Crippen LogP contribution >= 0.6 is 0 Å². The third-order valence-electron chi connectivity index (χ3n) is 2.22. The van der Waals surface area contributed by atoms with E-state index in [-0.39, 0.29) is 11.3 Å². The molecule has 1 aromatic carbocycles. The first-order valence-electron chi connectivity index (χ1n) is 4.73. The summed E-state index contributed by atoms with van der Waals surface area (Å²) in [5.74, 6) is -5.35. The predicted octanol–water partition coefficient (Wildman–Crippen LogP) is 1.97. The number of methoxy groups -OCH3 is 2. The molecule has 0 radical (unpaired) electrons. The molecular weight excluding hydrogens is 234 g/mol. The van der Waals surface area contributed by atoms with Gasteiger partial charge in [-0.25, -0.2) is 4.79 Å². The molecule has 0 heterocycles. The second kappa shape index (κ2) is 4.99. The minimum atomic E-state index is -3.82. The predicted molar refractivity (Wildman–Crippen MR) is 55.8 cm³/mol. The van der Waals surface area contributed by atoms with Crippen LogP contribution in [0.15, 0.2) is 18.2 Å². The Bertz CT molecular complexity index is 418. The normalized spacial score (nSPS) is 11.1. The molecule has 6 heteroatoms. The molecule has 1 N–H and O–H groups in total. The quantitative estimate of drug-likeness (QED) is 0.862. The highest BCUT2D eigenvalue weighted by atomic mass is 19.3. The lowest BCUT2D eigenvalue weighted by molar-refractivity contribution is -0.164. The summed E-state index contributed by atoms with van der Waals surface area (Å²) >= 11 is 0. The van der Waals surface area contributed by atoms with Crippen molar-refractivity contribution in [2.24, 2.45) is 0 Å². The van der Waals surface area contributed by atoms with E-state index in [1.54, 1.807) is 0 Å². The van der Waals surface area contributed by atoms with Crippen molar-refractivity contribution < 1.29 is 28.2 Å². The fourth-order valence-electron chi connectivity index (χ4n) is 1.31. The summed E-state index contributed by atoms with van der Waals surface area (Å²) in [6.07, 6.45) is -0.921. The Labute approximate surface area is 96.8 Å². The number of ether oxygens (including phenoxy) is 2. The van der Waals surface area contributed by atoms with Crippen LogP contribution in [0.1, 0.15) is 5.56 Å². The van der Waals surface area contributed by atoms with Crippen LogP contribution < -0.4 is 9.47 Å². The van der Waals surface area contributed by atoms with E-state index >= 15 is 0 Å². The van der Waals surface area contributed by atoms with Crippen molar-refractivity contribution in [1.29, 1.82) is 0 Å². The first-order valence-corrected chi connectivity index (χ1v) is 4.73. The number of alkyl halides is 2. The average Bonchev–Trinajstić information content (AvgIpc) is 2.29. The molecule has 0 amide bonds. The number of hydrogen-bond acceptors (Lipinski definition) is 3. The van der Waals surface area contributed by atoms with Gasteiger partial charge in [0.1, 0.15) is 11.5 Å². The Morgan fingerprint density at radius 2 is 2.00 bits per heavy atom. The lowest BCUT2D eigenvalue weighted by Crippen LogP contribution is -2.30. The number of aliphatic carboxylic acids is 1. The Hall–Kier alpha value is -1.85. The van der Waals surface area contributed by atoms with Crippen LogP contribution in [0.25, 0.3) is 0 Å². The molecule has 0 aromatic heterocycles. The van der Waals surface area contributed by atoms with Crippen molar-refractivity contribution in [3.8, 4) is 11.5 Å². The SMILES string of the molecule is COc1ccc(CC(F)(F)C(=O)O)c(OC)c1. The van der Waals surface area contributed by atoms with Gasteiger partial charge in [0.05, 0.1) is 20.6 Å². The molecule has 0 aliphatic carbocycles. The summed E-state index contributed by atoms with van der Waals surface area (Å²) in [5.41, 5.74) is 0.112. The summed E-state index contributed by atoms with van der Waals surface area (Å²) in [5, 5.41) is 8.35. The van der Waals surface area contributed by atoms with Gasteiger partial charge in [-0.3, -0.25) is 0 Å². The lowest BCUT2D eigenvalue weighted by Gasteiger charge is -2.14. The Balaban J connectivity index is 3.02. The standard InChI is InChI=1S/C11H12F2O4/c1-16-8-4-3-7(9(5-8)17-2)6-11(12,13)10(14)15/h3-5H,6H2,1-2H3,(H,14,15). The van der Waals surface area contributed by atoms with E-state index in [0.29, 0.717) is 5.75 Å². The number of carboxylic acids is 1. The molecule has 4 nitrogen and oxygen atoms in total. The Kier molecular flexibility index (Phi) is 3.88. The topological polar surface area (TPSA) is 55.8 Å². The first kappa shape index (κ1) is 13.2. The zero-order valence-corrected chi connectivity index (χ0v) is 9.37. The molecule has 17 heavy (non-hydrogen) atoms. The van der Waals surface area contributed by atoms with E-state index in [1.807, 2.05) is 0 Å². The van der Waals surface area contributed by atoms with Crippen molar-refractivity contribution in [1.82, 2.24) is 0 Å². The summed E-state index contributed by atoms with van der Waals surface area (Å²) in [6, 6.07) is 4.25. The number of carbonyl (C=O) groups is 1. The fourth-order valence-corrected chi connectivity index (χ4v) is 1.31. The van der Waals surface area contributed by atoms with Crippen LogP contribution in [-0.2, 0) is 11.2 Å². The van der Waals surface area contributed by atoms with Gasteiger partial charge in [0.2, 0.25) is 0 Å². The Morgan fingerprint density at radius 3 is 2.47 bits per heavy atom. The molecule has 0 unspecified atom stereocenters. The van der Waals surface area contributed by atoms with E-state index in [2.05, 4.69) is 0 Å². The first-order chi connectivity index (χ1) is 7.90. The van der Waals surface area contributed by atoms with Crippen molar-refractivity contribution in [3.63, 3.8) is 0 Å². The molecule has 0 aliphatic rings. The molecule has 0 fully saturated rings. The van der Waals surface area contributed by atoms with Gasteiger partial charge in [0.15, 0.2) is 0 Å². The lowest BCUT2D eigenvalue weighted by atomic mass is 10.1. The van der Waals surface area contributed by atoms with E-state index < -0.39 is 18.3 Å². The average molecular weight is 246 g/mol. The minimum Gasteiger partial charge on any atom is -0.497 e. The zero-order valence-electron chi connectivity index (χ0n) is 9.37. The highest BCUT2D eigenvalue weighted by Gasteiger charge is 2.39. The summed E-state index contributed by atoms with van der Waals surface area (Å²) < 4.78 is 35.9.